The monoisotopic (exact) mass is 345 g/mol. The molecule has 0 aromatic heterocycles. The number of rotatable bonds is 7. The summed E-state index contributed by atoms with van der Waals surface area (Å²) in [6.45, 7) is 0. The Hall–Kier alpha value is -3.22. The highest BCUT2D eigenvalue weighted by Crippen LogP contribution is 2.28. The fourth-order valence-corrected chi connectivity index (χ4v) is 2.30. The lowest BCUT2D eigenvalue weighted by atomic mass is 10.1. The number of carboxylic acids is 1. The minimum Gasteiger partial charge on any atom is -0.507 e. The van der Waals surface area contributed by atoms with Gasteiger partial charge in [-0.3, -0.25) is 4.79 Å². The lowest BCUT2D eigenvalue weighted by molar-refractivity contribution is -0.116. The fourth-order valence-electron chi connectivity index (χ4n) is 2.30. The quantitative estimate of drug-likeness (QED) is 0.666. The lowest BCUT2D eigenvalue weighted by Crippen LogP contribution is -2.13. The number of aromatic hydroxyl groups is 1. The normalized spacial score (nSPS) is 10.2. The minimum atomic E-state index is -1.26. The van der Waals surface area contributed by atoms with Gasteiger partial charge in [-0.05, 0) is 42.3 Å². The number of carboxylic acid groups (broad SMARTS) is 1. The Morgan fingerprint density at radius 2 is 1.76 bits per heavy atom. The molecule has 0 unspecified atom stereocenters. The number of methoxy groups -OCH3 is 2. The molecule has 0 fully saturated rings. The molecular weight excluding hydrogens is 326 g/mol. The first kappa shape index (κ1) is 18.1. The summed E-state index contributed by atoms with van der Waals surface area (Å²) < 4.78 is 10.4. The average molecular weight is 345 g/mol. The van der Waals surface area contributed by atoms with Crippen LogP contribution in [0.25, 0.3) is 0 Å². The van der Waals surface area contributed by atoms with Crippen LogP contribution in [0.15, 0.2) is 36.4 Å². The van der Waals surface area contributed by atoms with E-state index < -0.39 is 5.97 Å². The van der Waals surface area contributed by atoms with Crippen molar-refractivity contribution in [3.8, 4) is 17.2 Å². The summed E-state index contributed by atoms with van der Waals surface area (Å²) in [7, 11) is 3.09. The van der Waals surface area contributed by atoms with Gasteiger partial charge in [-0.15, -0.1) is 0 Å². The molecular formula is C18H19NO6. The molecule has 7 heteroatoms. The maximum absolute atomic E-state index is 12.1. The summed E-state index contributed by atoms with van der Waals surface area (Å²) in [6.07, 6.45) is 0.689. The van der Waals surface area contributed by atoms with E-state index in [1.807, 2.05) is 6.07 Å². The second-order valence-electron chi connectivity index (χ2n) is 5.27. The van der Waals surface area contributed by atoms with Gasteiger partial charge in [-0.2, -0.15) is 0 Å². The van der Waals surface area contributed by atoms with Crippen molar-refractivity contribution in [1.82, 2.24) is 0 Å². The van der Waals surface area contributed by atoms with Crippen LogP contribution in [0.3, 0.4) is 0 Å². The summed E-state index contributed by atoms with van der Waals surface area (Å²) in [5.74, 6) is -0.683. The molecule has 7 nitrogen and oxygen atoms in total. The van der Waals surface area contributed by atoms with Gasteiger partial charge in [0.25, 0.3) is 0 Å². The van der Waals surface area contributed by atoms with Crippen molar-refractivity contribution in [2.24, 2.45) is 0 Å². The van der Waals surface area contributed by atoms with Gasteiger partial charge in [0.1, 0.15) is 11.3 Å². The number of hydrogen-bond acceptors (Lipinski definition) is 5. The summed E-state index contributed by atoms with van der Waals surface area (Å²) in [5.41, 5.74) is 0.954. The molecule has 0 spiro atoms. The zero-order chi connectivity index (χ0) is 18.4. The van der Waals surface area contributed by atoms with Gasteiger partial charge in [0.2, 0.25) is 5.91 Å². The smallest absolute Gasteiger partial charge is 0.339 e. The number of amides is 1. The minimum absolute atomic E-state index is 0.207. The van der Waals surface area contributed by atoms with E-state index in [2.05, 4.69) is 5.32 Å². The average Bonchev–Trinajstić information content (AvgIpc) is 2.61. The van der Waals surface area contributed by atoms with Gasteiger partial charge in [0, 0.05) is 12.1 Å². The van der Waals surface area contributed by atoms with Crippen LogP contribution in [0, 0.1) is 0 Å². The summed E-state index contributed by atoms with van der Waals surface area (Å²) in [5, 5.41) is 21.1. The molecule has 0 bridgehead atoms. The third kappa shape index (κ3) is 4.63. The molecule has 132 valence electrons. The third-order valence-electron chi connectivity index (χ3n) is 3.60. The largest absolute Gasteiger partial charge is 0.507 e. The topological polar surface area (TPSA) is 105 Å². The summed E-state index contributed by atoms with van der Waals surface area (Å²) in [4.78, 5) is 23.0. The van der Waals surface area contributed by atoms with Crippen LogP contribution in [-0.2, 0) is 11.2 Å². The van der Waals surface area contributed by atoms with E-state index in [4.69, 9.17) is 14.6 Å². The fraction of sp³-hybridized carbons (Fsp3) is 0.222. The molecule has 1 amide bonds. The third-order valence-corrected chi connectivity index (χ3v) is 3.60. The van der Waals surface area contributed by atoms with Crippen molar-refractivity contribution in [3.63, 3.8) is 0 Å². The Labute approximate surface area is 144 Å². The van der Waals surface area contributed by atoms with E-state index in [0.717, 1.165) is 5.56 Å². The number of nitrogens with one attached hydrogen (secondary N) is 1. The predicted molar refractivity (Wildman–Crippen MR) is 91.6 cm³/mol. The van der Waals surface area contributed by atoms with Crippen molar-refractivity contribution >= 4 is 17.6 Å². The van der Waals surface area contributed by atoms with Crippen LogP contribution in [0.2, 0.25) is 0 Å². The van der Waals surface area contributed by atoms with Gasteiger partial charge in [-0.1, -0.05) is 6.07 Å². The highest BCUT2D eigenvalue weighted by Gasteiger charge is 2.12. The Morgan fingerprint density at radius 3 is 2.40 bits per heavy atom. The number of carbonyl (C=O) groups excluding carboxylic acids is 1. The number of hydrogen-bond donors (Lipinski definition) is 3. The number of anilines is 1. The van der Waals surface area contributed by atoms with Crippen molar-refractivity contribution in [2.75, 3.05) is 19.5 Å². The number of ether oxygens (including phenoxy) is 2. The van der Waals surface area contributed by atoms with Crippen molar-refractivity contribution in [1.29, 1.82) is 0 Å². The zero-order valence-corrected chi connectivity index (χ0v) is 13.9. The second-order valence-corrected chi connectivity index (χ2v) is 5.27. The number of benzene rings is 2. The number of aromatic carboxylic acids is 1. The van der Waals surface area contributed by atoms with Gasteiger partial charge in [-0.25, -0.2) is 4.79 Å². The van der Waals surface area contributed by atoms with E-state index in [9.17, 15) is 14.7 Å². The zero-order valence-electron chi connectivity index (χ0n) is 13.9. The highest BCUT2D eigenvalue weighted by molar-refractivity contribution is 5.95. The van der Waals surface area contributed by atoms with Gasteiger partial charge in [0.05, 0.1) is 14.2 Å². The second kappa shape index (κ2) is 8.05. The van der Waals surface area contributed by atoms with Crippen molar-refractivity contribution in [2.45, 2.75) is 12.8 Å². The van der Waals surface area contributed by atoms with E-state index in [0.29, 0.717) is 23.6 Å². The van der Waals surface area contributed by atoms with Crippen LogP contribution in [0.1, 0.15) is 22.3 Å². The van der Waals surface area contributed by atoms with Crippen LogP contribution in [0.4, 0.5) is 5.69 Å². The molecule has 2 rings (SSSR count). The van der Waals surface area contributed by atoms with E-state index in [-0.39, 0.29) is 23.6 Å². The van der Waals surface area contributed by atoms with Crippen molar-refractivity contribution < 1.29 is 29.3 Å². The lowest BCUT2D eigenvalue weighted by Gasteiger charge is -2.10. The molecule has 0 aliphatic rings. The van der Waals surface area contributed by atoms with Gasteiger partial charge >= 0.3 is 5.97 Å². The molecule has 2 aromatic carbocycles. The maximum Gasteiger partial charge on any atom is 0.339 e. The van der Waals surface area contributed by atoms with Crippen LogP contribution in [-0.4, -0.2) is 36.3 Å². The number of carbonyl (C=O) groups is 2. The Morgan fingerprint density at radius 1 is 1.04 bits per heavy atom. The first-order chi connectivity index (χ1) is 11.9. The van der Waals surface area contributed by atoms with Crippen LogP contribution >= 0.6 is 0 Å². The molecule has 0 radical (unpaired) electrons. The molecule has 0 saturated heterocycles. The molecule has 2 aromatic rings. The molecule has 0 heterocycles. The first-order valence-electron chi connectivity index (χ1n) is 7.51. The highest BCUT2D eigenvalue weighted by atomic mass is 16.5. The van der Waals surface area contributed by atoms with E-state index in [1.54, 1.807) is 26.4 Å². The maximum atomic E-state index is 12.1. The van der Waals surface area contributed by atoms with Gasteiger partial charge in [0.15, 0.2) is 11.5 Å². The van der Waals surface area contributed by atoms with E-state index in [1.165, 1.54) is 18.2 Å². The van der Waals surface area contributed by atoms with Crippen LogP contribution < -0.4 is 14.8 Å². The summed E-state index contributed by atoms with van der Waals surface area (Å²) in [6, 6.07) is 9.30. The SMILES string of the molecule is COc1ccc(CCC(=O)Nc2ccc(O)c(C(=O)O)c2)cc1OC. The molecule has 0 saturated carbocycles. The first-order valence-corrected chi connectivity index (χ1v) is 7.51. The molecule has 0 aliphatic heterocycles. The van der Waals surface area contributed by atoms with Crippen molar-refractivity contribution in [3.05, 3.63) is 47.5 Å². The van der Waals surface area contributed by atoms with Crippen LogP contribution in [0.5, 0.6) is 17.2 Å². The molecule has 25 heavy (non-hydrogen) atoms. The Bertz CT molecular complexity index is 787. The number of aryl methyl sites for hydroxylation is 1. The number of phenols is 1. The predicted octanol–water partition coefficient (Wildman–Crippen LogP) is 2.68. The molecule has 0 atom stereocenters. The van der Waals surface area contributed by atoms with Gasteiger partial charge < -0.3 is 25.0 Å². The molecule has 3 N–H and O–H groups in total. The van der Waals surface area contributed by atoms with E-state index >= 15 is 0 Å². The molecule has 0 aliphatic carbocycles. The Kier molecular flexibility index (Phi) is 5.84. The Balaban J connectivity index is 1.99. The standard InChI is InChI=1S/C18H19NO6/c1-24-15-7-3-11(9-16(15)25-2)4-8-17(21)19-12-5-6-14(20)13(10-12)18(22)23/h3,5-7,9-10,20H,4,8H2,1-2H3,(H,19,21)(H,22,23). The summed E-state index contributed by atoms with van der Waals surface area (Å²) >= 11 is 0.